The molecule has 172 valence electrons. The minimum Gasteiger partial charge on any atom is -0.298 e. The molecular weight excluding hydrogens is 534 g/mol. The van der Waals surface area contributed by atoms with Crippen LogP contribution in [0.3, 0.4) is 0 Å². The van der Waals surface area contributed by atoms with Crippen LogP contribution in [0.15, 0.2) is 45.8 Å². The quantitative estimate of drug-likeness (QED) is 0.353. The molecule has 10 heteroatoms. The van der Waals surface area contributed by atoms with Crippen LogP contribution in [-0.4, -0.2) is 36.7 Å². The number of benzene rings is 2. The van der Waals surface area contributed by atoms with Crippen LogP contribution in [0, 0.1) is 11.8 Å². The first kappa shape index (κ1) is 25.1. The van der Waals surface area contributed by atoms with Crippen LogP contribution in [0.1, 0.15) is 38.1 Å². The highest BCUT2D eigenvalue weighted by molar-refractivity contribution is 9.10. The first-order valence-electron chi connectivity index (χ1n) is 10.1. The molecule has 0 unspecified atom stereocenters. The Bertz CT molecular complexity index is 1230. The number of amides is 1. The van der Waals surface area contributed by atoms with Crippen molar-refractivity contribution >= 4 is 70.1 Å². The van der Waals surface area contributed by atoms with E-state index in [4.69, 9.17) is 11.6 Å². The van der Waals surface area contributed by atoms with E-state index in [0.717, 1.165) is 4.47 Å². The summed E-state index contributed by atoms with van der Waals surface area (Å²) in [7, 11) is -3.65. The van der Waals surface area contributed by atoms with Crippen molar-refractivity contribution in [2.75, 3.05) is 18.4 Å². The number of aromatic nitrogens is 1. The summed E-state index contributed by atoms with van der Waals surface area (Å²) in [6.07, 6.45) is 0. The Labute approximate surface area is 206 Å². The molecule has 1 heterocycles. The molecule has 1 N–H and O–H groups in total. The number of halogens is 2. The molecule has 0 saturated heterocycles. The maximum absolute atomic E-state index is 13.3. The topological polar surface area (TPSA) is 79.4 Å². The number of nitrogens with one attached hydrogen (secondary N) is 1. The largest absolute Gasteiger partial charge is 0.298 e. The summed E-state index contributed by atoms with van der Waals surface area (Å²) in [6, 6.07) is 9.88. The highest BCUT2D eigenvalue weighted by Gasteiger charge is 2.26. The molecule has 3 aromatic rings. The Morgan fingerprint density at radius 1 is 1.12 bits per heavy atom. The van der Waals surface area contributed by atoms with Crippen molar-refractivity contribution in [3.8, 4) is 0 Å². The average molecular weight is 559 g/mol. The zero-order valence-corrected chi connectivity index (χ0v) is 22.2. The second-order valence-corrected chi connectivity index (χ2v) is 12.6. The number of nitrogens with zero attached hydrogens (tertiary/aromatic N) is 2. The Kier molecular flexibility index (Phi) is 7.98. The molecule has 0 fully saturated rings. The predicted molar refractivity (Wildman–Crippen MR) is 135 cm³/mol. The number of fused-ring (bicyclic) bond motifs is 1. The number of thiazole rings is 1. The van der Waals surface area contributed by atoms with Crippen molar-refractivity contribution in [3.63, 3.8) is 0 Å². The van der Waals surface area contributed by atoms with Gasteiger partial charge in [-0.15, -0.1) is 0 Å². The highest BCUT2D eigenvalue weighted by atomic mass is 79.9. The Balaban J connectivity index is 1.89. The van der Waals surface area contributed by atoms with Crippen molar-refractivity contribution in [2.45, 2.75) is 32.6 Å². The number of anilines is 1. The lowest BCUT2D eigenvalue weighted by atomic mass is 10.2. The monoisotopic (exact) mass is 557 g/mol. The lowest BCUT2D eigenvalue weighted by Crippen LogP contribution is -2.37. The summed E-state index contributed by atoms with van der Waals surface area (Å²) in [5.74, 6) is 0.0351. The second kappa shape index (κ2) is 10.2. The second-order valence-electron chi connectivity index (χ2n) is 8.34. The first-order valence-corrected chi connectivity index (χ1v) is 13.6. The summed E-state index contributed by atoms with van der Waals surface area (Å²) in [4.78, 5) is 17.3. The minimum atomic E-state index is -3.65. The average Bonchev–Trinajstić information content (AvgIpc) is 3.09. The van der Waals surface area contributed by atoms with Crippen molar-refractivity contribution in [3.05, 3.63) is 51.5 Å². The van der Waals surface area contributed by atoms with Gasteiger partial charge in [0.15, 0.2) is 5.13 Å². The van der Waals surface area contributed by atoms with Crippen molar-refractivity contribution in [2.24, 2.45) is 11.8 Å². The number of sulfonamides is 1. The fourth-order valence-corrected chi connectivity index (χ4v) is 6.52. The van der Waals surface area contributed by atoms with Crippen molar-refractivity contribution < 1.29 is 13.2 Å². The van der Waals surface area contributed by atoms with Crippen LogP contribution in [0.2, 0.25) is 5.02 Å². The van der Waals surface area contributed by atoms with Crippen LogP contribution in [0.5, 0.6) is 0 Å². The zero-order valence-electron chi connectivity index (χ0n) is 18.2. The summed E-state index contributed by atoms with van der Waals surface area (Å²) >= 11 is 10.7. The normalized spacial score (nSPS) is 12.3. The standard InChI is InChI=1S/C22H25BrClN3O3S2/c1-13(2)11-27(12-14(3)4)32(29,30)16-6-8-19-20(10-16)31-22(25-19)26-21(28)17-9-15(23)5-7-18(17)24/h5-10,13-14H,11-12H2,1-4H3,(H,25,26,28). The van der Waals surface area contributed by atoms with Crippen molar-refractivity contribution in [1.29, 1.82) is 0 Å². The van der Waals surface area contributed by atoms with E-state index in [1.54, 1.807) is 40.7 Å². The van der Waals surface area contributed by atoms with Crippen LogP contribution >= 0.6 is 38.9 Å². The van der Waals surface area contributed by atoms with Gasteiger partial charge in [0.1, 0.15) is 0 Å². The van der Waals surface area contributed by atoms with E-state index in [1.807, 2.05) is 27.7 Å². The summed E-state index contributed by atoms with van der Waals surface area (Å²) in [5, 5.41) is 3.45. The van der Waals surface area contributed by atoms with Crippen LogP contribution in [-0.2, 0) is 10.0 Å². The van der Waals surface area contributed by atoms with Crippen LogP contribution in [0.25, 0.3) is 10.2 Å². The molecule has 6 nitrogen and oxygen atoms in total. The first-order chi connectivity index (χ1) is 15.0. The van der Waals surface area contributed by atoms with Gasteiger partial charge in [-0.1, -0.05) is 66.6 Å². The number of hydrogen-bond acceptors (Lipinski definition) is 5. The Hall–Kier alpha value is -1.52. The fourth-order valence-electron chi connectivity index (χ4n) is 3.19. The third kappa shape index (κ3) is 5.88. The van der Waals surface area contributed by atoms with E-state index in [-0.39, 0.29) is 22.6 Å². The van der Waals surface area contributed by atoms with E-state index in [1.165, 1.54) is 11.3 Å². The van der Waals surface area contributed by atoms with Crippen LogP contribution in [0.4, 0.5) is 5.13 Å². The summed E-state index contributed by atoms with van der Waals surface area (Å²) in [6.45, 7) is 8.92. The third-order valence-electron chi connectivity index (χ3n) is 4.53. The molecule has 1 amide bonds. The van der Waals surface area contributed by atoms with E-state index in [2.05, 4.69) is 26.2 Å². The molecule has 0 aliphatic rings. The molecular formula is C22H25BrClN3O3S2. The van der Waals surface area contributed by atoms with Gasteiger partial charge in [0.25, 0.3) is 5.91 Å². The predicted octanol–water partition coefficient (Wildman–Crippen LogP) is 6.27. The molecule has 0 saturated carbocycles. The molecule has 32 heavy (non-hydrogen) atoms. The fraction of sp³-hybridized carbons (Fsp3) is 0.364. The van der Waals surface area contributed by atoms with E-state index in [0.29, 0.717) is 39.0 Å². The van der Waals surface area contributed by atoms with Gasteiger partial charge in [0.05, 0.1) is 25.7 Å². The van der Waals surface area contributed by atoms with Gasteiger partial charge < -0.3 is 0 Å². The maximum atomic E-state index is 13.3. The molecule has 0 aliphatic heterocycles. The van der Waals surface area contributed by atoms with E-state index < -0.39 is 10.0 Å². The van der Waals surface area contributed by atoms with Gasteiger partial charge in [-0.2, -0.15) is 4.31 Å². The lowest BCUT2D eigenvalue weighted by molar-refractivity contribution is 0.102. The Morgan fingerprint density at radius 2 is 1.78 bits per heavy atom. The molecule has 0 spiro atoms. The Morgan fingerprint density at radius 3 is 2.41 bits per heavy atom. The molecule has 0 atom stereocenters. The summed E-state index contributed by atoms with van der Waals surface area (Å²) in [5.41, 5.74) is 0.936. The van der Waals surface area contributed by atoms with Crippen LogP contribution < -0.4 is 5.32 Å². The van der Waals surface area contributed by atoms with Gasteiger partial charge in [-0.05, 0) is 48.2 Å². The smallest absolute Gasteiger partial charge is 0.258 e. The maximum Gasteiger partial charge on any atom is 0.258 e. The number of carbonyl (C=O) groups is 1. The molecule has 1 aromatic heterocycles. The van der Waals surface area contributed by atoms with Gasteiger partial charge in [0.2, 0.25) is 10.0 Å². The van der Waals surface area contributed by atoms with Gasteiger partial charge in [-0.25, -0.2) is 13.4 Å². The van der Waals surface area contributed by atoms with Gasteiger partial charge >= 0.3 is 0 Å². The van der Waals surface area contributed by atoms with E-state index >= 15 is 0 Å². The highest BCUT2D eigenvalue weighted by Crippen LogP contribution is 2.31. The zero-order chi connectivity index (χ0) is 23.6. The molecule has 0 radical (unpaired) electrons. The molecule has 3 rings (SSSR count). The van der Waals surface area contributed by atoms with Gasteiger partial charge in [-0.3, -0.25) is 10.1 Å². The van der Waals surface area contributed by atoms with E-state index in [9.17, 15) is 13.2 Å². The summed E-state index contributed by atoms with van der Waals surface area (Å²) < 4.78 is 29.6. The SMILES string of the molecule is CC(C)CN(CC(C)C)S(=O)(=O)c1ccc2nc(NC(=O)c3cc(Br)ccc3Cl)sc2c1. The third-order valence-corrected chi connectivity index (χ3v) is 8.11. The van der Waals surface area contributed by atoms with Gasteiger partial charge in [0, 0.05) is 17.6 Å². The molecule has 0 aliphatic carbocycles. The molecule has 2 aromatic carbocycles. The minimum absolute atomic E-state index is 0.210. The number of rotatable bonds is 8. The molecule has 0 bridgehead atoms. The lowest BCUT2D eigenvalue weighted by Gasteiger charge is -2.25. The van der Waals surface area contributed by atoms with Crippen molar-refractivity contribution in [1.82, 2.24) is 9.29 Å². The number of carbonyl (C=O) groups excluding carboxylic acids is 1. The number of hydrogen-bond donors (Lipinski definition) is 1.